The maximum absolute atomic E-state index is 5.27. The molecule has 0 atom stereocenters. The van der Waals surface area contributed by atoms with Crippen LogP contribution in [0.3, 0.4) is 0 Å². The molecule has 0 spiro atoms. The van der Waals surface area contributed by atoms with Crippen LogP contribution in [-0.4, -0.2) is 9.97 Å². The SMILES string of the molecule is CCc1ccc(-c2nc(=S)cc(C(C)(C)C)[nH]2)cc1. The summed E-state index contributed by atoms with van der Waals surface area (Å²) in [5, 5.41) is 0. The fraction of sp³-hybridized carbons (Fsp3) is 0.375. The van der Waals surface area contributed by atoms with Gasteiger partial charge in [-0.2, -0.15) is 0 Å². The molecule has 2 nitrogen and oxygen atoms in total. The molecule has 0 amide bonds. The summed E-state index contributed by atoms with van der Waals surface area (Å²) >= 11 is 5.27. The van der Waals surface area contributed by atoms with Crippen LogP contribution >= 0.6 is 12.2 Å². The fourth-order valence-corrected chi connectivity index (χ4v) is 2.11. The van der Waals surface area contributed by atoms with Crippen LogP contribution in [0.1, 0.15) is 39.0 Å². The van der Waals surface area contributed by atoms with E-state index in [4.69, 9.17) is 12.2 Å². The van der Waals surface area contributed by atoms with Crippen molar-refractivity contribution in [2.75, 3.05) is 0 Å². The maximum atomic E-state index is 5.27. The van der Waals surface area contributed by atoms with Crippen molar-refractivity contribution in [3.8, 4) is 11.4 Å². The van der Waals surface area contributed by atoms with Gasteiger partial charge in [0.05, 0.1) is 0 Å². The molecule has 0 unspecified atom stereocenters. The number of rotatable bonds is 2. The van der Waals surface area contributed by atoms with E-state index in [0.29, 0.717) is 4.64 Å². The van der Waals surface area contributed by atoms with Gasteiger partial charge in [-0.15, -0.1) is 0 Å². The Hall–Kier alpha value is -1.48. The van der Waals surface area contributed by atoms with Crippen molar-refractivity contribution in [2.24, 2.45) is 0 Å². The summed E-state index contributed by atoms with van der Waals surface area (Å²) in [6, 6.07) is 10.4. The van der Waals surface area contributed by atoms with Gasteiger partial charge >= 0.3 is 0 Å². The van der Waals surface area contributed by atoms with Crippen molar-refractivity contribution >= 4 is 12.2 Å². The van der Waals surface area contributed by atoms with Crippen molar-refractivity contribution in [2.45, 2.75) is 39.5 Å². The summed E-state index contributed by atoms with van der Waals surface area (Å²) in [7, 11) is 0. The molecule has 0 aliphatic heterocycles. The van der Waals surface area contributed by atoms with Crippen LogP contribution in [0, 0.1) is 4.64 Å². The largest absolute Gasteiger partial charge is 0.343 e. The average molecular weight is 272 g/mol. The number of aromatic nitrogens is 2. The zero-order valence-electron chi connectivity index (χ0n) is 11.9. The highest BCUT2D eigenvalue weighted by molar-refractivity contribution is 7.71. The number of nitrogens with zero attached hydrogens (tertiary/aromatic N) is 1. The average Bonchev–Trinajstić information content (AvgIpc) is 2.37. The molecular weight excluding hydrogens is 252 g/mol. The lowest BCUT2D eigenvalue weighted by atomic mass is 9.92. The summed E-state index contributed by atoms with van der Waals surface area (Å²) in [6.45, 7) is 8.65. The van der Waals surface area contributed by atoms with Gasteiger partial charge in [0, 0.05) is 16.7 Å². The molecule has 0 fully saturated rings. The molecule has 19 heavy (non-hydrogen) atoms. The minimum absolute atomic E-state index is 0.0363. The van der Waals surface area contributed by atoms with Crippen LogP contribution in [0.25, 0.3) is 11.4 Å². The smallest absolute Gasteiger partial charge is 0.139 e. The van der Waals surface area contributed by atoms with E-state index in [-0.39, 0.29) is 5.41 Å². The lowest BCUT2D eigenvalue weighted by Crippen LogP contribution is -2.14. The van der Waals surface area contributed by atoms with Gasteiger partial charge < -0.3 is 4.98 Å². The van der Waals surface area contributed by atoms with Gasteiger partial charge in [-0.1, -0.05) is 64.2 Å². The van der Waals surface area contributed by atoms with E-state index < -0.39 is 0 Å². The first-order chi connectivity index (χ1) is 8.90. The highest BCUT2D eigenvalue weighted by Crippen LogP contribution is 2.23. The maximum Gasteiger partial charge on any atom is 0.139 e. The number of H-pyrrole nitrogens is 1. The first-order valence-corrected chi connectivity index (χ1v) is 7.02. The molecule has 100 valence electrons. The Balaban J connectivity index is 2.49. The third kappa shape index (κ3) is 3.29. The Bertz CT molecular complexity index is 618. The van der Waals surface area contributed by atoms with Crippen LogP contribution in [0.5, 0.6) is 0 Å². The molecule has 3 heteroatoms. The van der Waals surface area contributed by atoms with Gasteiger partial charge in [0.2, 0.25) is 0 Å². The van der Waals surface area contributed by atoms with Crippen LogP contribution in [-0.2, 0) is 11.8 Å². The zero-order chi connectivity index (χ0) is 14.0. The van der Waals surface area contributed by atoms with Gasteiger partial charge in [-0.05, 0) is 18.1 Å². The number of hydrogen-bond acceptors (Lipinski definition) is 2. The molecule has 0 radical (unpaired) electrons. The first kappa shape index (κ1) is 13.9. The lowest BCUT2D eigenvalue weighted by molar-refractivity contribution is 0.567. The highest BCUT2D eigenvalue weighted by Gasteiger charge is 2.15. The summed E-state index contributed by atoms with van der Waals surface area (Å²) in [6.07, 6.45) is 1.05. The van der Waals surface area contributed by atoms with E-state index in [0.717, 1.165) is 23.5 Å². The van der Waals surface area contributed by atoms with Gasteiger partial charge in [-0.3, -0.25) is 0 Å². The zero-order valence-corrected chi connectivity index (χ0v) is 12.8. The summed E-state index contributed by atoms with van der Waals surface area (Å²) in [5.74, 6) is 0.847. The number of aromatic amines is 1. The van der Waals surface area contributed by atoms with E-state index in [1.165, 1.54) is 5.56 Å². The van der Waals surface area contributed by atoms with E-state index in [1.807, 2.05) is 6.07 Å². The fourth-order valence-electron chi connectivity index (χ4n) is 1.90. The predicted octanol–water partition coefficient (Wildman–Crippen LogP) is 4.67. The third-order valence-electron chi connectivity index (χ3n) is 3.19. The topological polar surface area (TPSA) is 28.7 Å². The Labute approximate surface area is 119 Å². The molecule has 0 aliphatic carbocycles. The van der Waals surface area contributed by atoms with Gasteiger partial charge in [0.25, 0.3) is 0 Å². The van der Waals surface area contributed by atoms with E-state index in [1.54, 1.807) is 0 Å². The van der Waals surface area contributed by atoms with Crippen LogP contribution < -0.4 is 0 Å². The second kappa shape index (κ2) is 5.25. The molecule has 0 aliphatic rings. The normalized spacial score (nSPS) is 11.6. The number of benzene rings is 1. The minimum atomic E-state index is 0.0363. The summed E-state index contributed by atoms with van der Waals surface area (Å²) in [4.78, 5) is 7.83. The molecule has 2 aromatic rings. The Morgan fingerprint density at radius 3 is 2.32 bits per heavy atom. The van der Waals surface area contributed by atoms with E-state index in [9.17, 15) is 0 Å². The van der Waals surface area contributed by atoms with Crippen molar-refractivity contribution in [3.05, 3.63) is 46.2 Å². The van der Waals surface area contributed by atoms with Crippen LogP contribution in [0.2, 0.25) is 0 Å². The highest BCUT2D eigenvalue weighted by atomic mass is 32.1. The van der Waals surface area contributed by atoms with Gasteiger partial charge in [-0.25, -0.2) is 4.98 Å². The number of hydrogen-bond donors (Lipinski definition) is 1. The minimum Gasteiger partial charge on any atom is -0.343 e. The number of nitrogens with one attached hydrogen (secondary N) is 1. The van der Waals surface area contributed by atoms with Crippen LogP contribution in [0.15, 0.2) is 30.3 Å². The first-order valence-electron chi connectivity index (χ1n) is 6.61. The molecule has 2 rings (SSSR count). The Kier molecular flexibility index (Phi) is 3.85. The number of aryl methyl sites for hydroxylation is 1. The molecule has 0 bridgehead atoms. The lowest BCUT2D eigenvalue weighted by Gasteiger charge is -2.19. The second-order valence-corrected chi connectivity index (χ2v) is 6.20. The molecule has 1 aromatic carbocycles. The van der Waals surface area contributed by atoms with Gasteiger partial charge in [0.1, 0.15) is 10.5 Å². The quantitative estimate of drug-likeness (QED) is 0.805. The van der Waals surface area contributed by atoms with Crippen LogP contribution in [0.4, 0.5) is 0 Å². The molecule has 1 N–H and O–H groups in total. The van der Waals surface area contributed by atoms with Crippen molar-refractivity contribution in [1.82, 2.24) is 9.97 Å². The van der Waals surface area contributed by atoms with Crippen molar-refractivity contribution in [3.63, 3.8) is 0 Å². The third-order valence-corrected chi connectivity index (χ3v) is 3.40. The standard InChI is InChI=1S/C16H20N2S/c1-5-11-6-8-12(9-7-11)15-17-13(16(2,3)4)10-14(19)18-15/h6-10H,5H2,1-4H3,(H,17,18,19). The Morgan fingerprint density at radius 2 is 1.79 bits per heavy atom. The summed E-state index contributed by atoms with van der Waals surface area (Å²) < 4.78 is 0.637. The van der Waals surface area contributed by atoms with E-state index >= 15 is 0 Å². The molecule has 1 aromatic heterocycles. The van der Waals surface area contributed by atoms with Gasteiger partial charge in [0.15, 0.2) is 0 Å². The monoisotopic (exact) mass is 272 g/mol. The molecular formula is C16H20N2S. The predicted molar refractivity (Wildman–Crippen MR) is 82.9 cm³/mol. The van der Waals surface area contributed by atoms with Crippen molar-refractivity contribution < 1.29 is 0 Å². The summed E-state index contributed by atoms with van der Waals surface area (Å²) in [5.41, 5.74) is 3.56. The molecule has 1 heterocycles. The second-order valence-electron chi connectivity index (χ2n) is 5.78. The van der Waals surface area contributed by atoms with E-state index in [2.05, 4.69) is 61.9 Å². The molecule has 0 saturated carbocycles. The molecule has 0 saturated heterocycles. The Morgan fingerprint density at radius 1 is 1.16 bits per heavy atom. The van der Waals surface area contributed by atoms with Crippen molar-refractivity contribution in [1.29, 1.82) is 0 Å².